The summed E-state index contributed by atoms with van der Waals surface area (Å²) in [7, 11) is 1.78. The second kappa shape index (κ2) is 7.49. The van der Waals surface area contributed by atoms with Gasteiger partial charge in [-0.15, -0.1) is 0 Å². The topological polar surface area (TPSA) is 69.0 Å². The first-order chi connectivity index (χ1) is 9.47. The molecule has 0 aliphatic rings. The molecule has 0 radical (unpaired) electrons. The van der Waals surface area contributed by atoms with Crippen LogP contribution in [0.3, 0.4) is 0 Å². The van der Waals surface area contributed by atoms with Crippen molar-refractivity contribution >= 4 is 11.7 Å². The molecule has 1 rings (SSSR count). The van der Waals surface area contributed by atoms with Crippen molar-refractivity contribution in [1.29, 1.82) is 5.26 Å². The fourth-order valence-corrected chi connectivity index (χ4v) is 2.00. The van der Waals surface area contributed by atoms with Crippen LogP contribution in [0.25, 0.3) is 0 Å². The minimum Gasteiger partial charge on any atom is -0.373 e. The molecule has 5 nitrogen and oxygen atoms in total. The average molecular weight is 274 g/mol. The van der Waals surface area contributed by atoms with Crippen LogP contribution in [0.5, 0.6) is 0 Å². The van der Waals surface area contributed by atoms with Crippen molar-refractivity contribution in [3.63, 3.8) is 0 Å². The summed E-state index contributed by atoms with van der Waals surface area (Å²) in [5.41, 5.74) is 1.41. The van der Waals surface area contributed by atoms with Gasteiger partial charge in [0.15, 0.2) is 0 Å². The monoisotopic (exact) mass is 274 g/mol. The second-order valence-corrected chi connectivity index (χ2v) is 5.19. The molecule has 5 heteroatoms. The molecule has 1 N–H and O–H groups in total. The number of hydrogen-bond donors (Lipinski definition) is 1. The van der Waals surface area contributed by atoms with Crippen LogP contribution in [-0.2, 0) is 0 Å². The van der Waals surface area contributed by atoms with E-state index in [4.69, 9.17) is 5.26 Å². The Kier molecular flexibility index (Phi) is 5.98. The third-order valence-electron chi connectivity index (χ3n) is 2.82. The van der Waals surface area contributed by atoms with Crippen LogP contribution < -0.4 is 5.32 Å². The molecule has 0 aliphatic heterocycles. The van der Waals surface area contributed by atoms with Crippen molar-refractivity contribution in [2.45, 2.75) is 27.2 Å². The zero-order chi connectivity index (χ0) is 15.1. The molecule has 0 saturated carbocycles. The predicted molar refractivity (Wildman–Crippen MR) is 79.5 cm³/mol. The first-order valence-electron chi connectivity index (χ1n) is 6.80. The lowest BCUT2D eigenvalue weighted by Crippen LogP contribution is -2.35. The molecule has 0 saturated heterocycles. The normalized spacial score (nSPS) is 10.2. The number of nitriles is 1. The number of anilines is 1. The van der Waals surface area contributed by atoms with Crippen LogP contribution in [0.1, 0.15) is 36.3 Å². The number of aryl methyl sites for hydroxylation is 1. The Balaban J connectivity index is 2.98. The molecule has 0 atom stereocenters. The lowest BCUT2D eigenvalue weighted by atomic mass is 10.1. The highest BCUT2D eigenvalue weighted by molar-refractivity contribution is 5.95. The van der Waals surface area contributed by atoms with Crippen molar-refractivity contribution in [3.05, 3.63) is 23.4 Å². The van der Waals surface area contributed by atoms with E-state index in [0.29, 0.717) is 36.8 Å². The minimum atomic E-state index is -0.0454. The average Bonchev–Trinajstić information content (AvgIpc) is 2.41. The van der Waals surface area contributed by atoms with Crippen molar-refractivity contribution < 1.29 is 4.79 Å². The van der Waals surface area contributed by atoms with Crippen molar-refractivity contribution in [1.82, 2.24) is 9.88 Å². The summed E-state index contributed by atoms with van der Waals surface area (Å²) in [6.45, 7) is 7.09. The minimum absolute atomic E-state index is 0.0454. The Hall–Kier alpha value is -2.09. The number of hydrogen-bond acceptors (Lipinski definition) is 4. The largest absolute Gasteiger partial charge is 0.373 e. The summed E-state index contributed by atoms with van der Waals surface area (Å²) in [6, 6.07) is 5.62. The number of nitrogens with one attached hydrogen (secondary N) is 1. The molecular formula is C15H22N4O. The van der Waals surface area contributed by atoms with Gasteiger partial charge < -0.3 is 10.2 Å². The molecule has 0 spiro atoms. The molecule has 0 aliphatic carbocycles. The molecule has 0 unspecified atom stereocenters. The number of carbonyl (C=O) groups is 1. The van der Waals surface area contributed by atoms with E-state index in [1.165, 1.54) is 0 Å². The second-order valence-electron chi connectivity index (χ2n) is 5.19. The predicted octanol–water partition coefficient (Wildman–Crippen LogP) is 2.44. The third-order valence-corrected chi connectivity index (χ3v) is 2.82. The van der Waals surface area contributed by atoms with Gasteiger partial charge in [0.25, 0.3) is 5.91 Å². The van der Waals surface area contributed by atoms with E-state index in [-0.39, 0.29) is 5.91 Å². The smallest absolute Gasteiger partial charge is 0.254 e. The highest BCUT2D eigenvalue weighted by Crippen LogP contribution is 2.13. The van der Waals surface area contributed by atoms with Crippen molar-refractivity contribution in [3.8, 4) is 6.07 Å². The molecule has 1 aromatic rings. The molecule has 0 fully saturated rings. The zero-order valence-electron chi connectivity index (χ0n) is 12.6. The number of nitrogens with zero attached hydrogens (tertiary/aromatic N) is 3. The Morgan fingerprint density at radius 3 is 2.75 bits per heavy atom. The summed E-state index contributed by atoms with van der Waals surface area (Å²) in [5, 5.41) is 11.7. The Morgan fingerprint density at radius 2 is 2.20 bits per heavy atom. The van der Waals surface area contributed by atoms with Gasteiger partial charge in [-0.1, -0.05) is 13.8 Å². The summed E-state index contributed by atoms with van der Waals surface area (Å²) in [5.74, 6) is 0.999. The van der Waals surface area contributed by atoms with Gasteiger partial charge in [-0.2, -0.15) is 5.26 Å². The van der Waals surface area contributed by atoms with Gasteiger partial charge in [0.2, 0.25) is 0 Å². The number of amides is 1. The van der Waals surface area contributed by atoms with Crippen molar-refractivity contribution in [2.75, 3.05) is 25.5 Å². The summed E-state index contributed by atoms with van der Waals surface area (Å²) >= 11 is 0. The van der Waals surface area contributed by atoms with Crippen LogP contribution in [0.15, 0.2) is 12.1 Å². The maximum Gasteiger partial charge on any atom is 0.254 e. The van der Waals surface area contributed by atoms with Gasteiger partial charge in [0.1, 0.15) is 5.82 Å². The number of pyridine rings is 1. The summed E-state index contributed by atoms with van der Waals surface area (Å²) < 4.78 is 0. The lowest BCUT2D eigenvalue weighted by molar-refractivity contribution is 0.0739. The van der Waals surface area contributed by atoms with Gasteiger partial charge in [-0.25, -0.2) is 4.98 Å². The Bertz CT molecular complexity index is 505. The third kappa shape index (κ3) is 4.54. The first kappa shape index (κ1) is 16.0. The van der Waals surface area contributed by atoms with E-state index in [0.717, 1.165) is 5.69 Å². The maximum atomic E-state index is 12.6. The van der Waals surface area contributed by atoms with E-state index in [2.05, 4.69) is 30.2 Å². The quantitative estimate of drug-likeness (QED) is 0.865. The zero-order valence-corrected chi connectivity index (χ0v) is 12.6. The van der Waals surface area contributed by atoms with E-state index in [1.807, 2.05) is 6.92 Å². The number of aromatic nitrogens is 1. The fraction of sp³-hybridized carbons (Fsp3) is 0.533. The molecule has 1 aromatic heterocycles. The molecule has 108 valence electrons. The SMILES string of the molecule is CNc1cc(C(=O)N(CCC#N)CC(C)C)cc(C)n1. The molecule has 1 amide bonds. The van der Waals surface area contributed by atoms with E-state index < -0.39 is 0 Å². The number of carbonyl (C=O) groups excluding carboxylic acids is 1. The van der Waals surface area contributed by atoms with E-state index >= 15 is 0 Å². The molecule has 0 bridgehead atoms. The maximum absolute atomic E-state index is 12.6. The standard InChI is InChI=1S/C15H22N4O/c1-11(2)10-19(7-5-6-16)15(20)13-8-12(3)18-14(9-13)17-4/h8-9,11H,5,7,10H2,1-4H3,(H,17,18). The lowest BCUT2D eigenvalue weighted by Gasteiger charge is -2.24. The number of rotatable bonds is 6. The van der Waals surface area contributed by atoms with Crippen LogP contribution in [-0.4, -0.2) is 35.9 Å². The summed E-state index contributed by atoms with van der Waals surface area (Å²) in [4.78, 5) is 18.6. The van der Waals surface area contributed by atoms with E-state index in [1.54, 1.807) is 24.1 Å². The Morgan fingerprint density at radius 1 is 1.50 bits per heavy atom. The van der Waals surface area contributed by atoms with Crippen LogP contribution >= 0.6 is 0 Å². The fourth-order valence-electron chi connectivity index (χ4n) is 2.00. The van der Waals surface area contributed by atoms with Gasteiger partial charge in [-0.05, 0) is 25.0 Å². The molecular weight excluding hydrogens is 252 g/mol. The van der Waals surface area contributed by atoms with Crippen LogP contribution in [0, 0.1) is 24.2 Å². The Labute approximate surface area is 120 Å². The first-order valence-corrected chi connectivity index (χ1v) is 6.80. The van der Waals surface area contributed by atoms with Gasteiger partial charge in [0.05, 0.1) is 12.5 Å². The molecule has 0 aromatic carbocycles. The molecule has 1 heterocycles. The highest BCUT2D eigenvalue weighted by atomic mass is 16.2. The van der Waals surface area contributed by atoms with Gasteiger partial charge in [-0.3, -0.25) is 4.79 Å². The van der Waals surface area contributed by atoms with E-state index in [9.17, 15) is 4.79 Å². The van der Waals surface area contributed by atoms with Gasteiger partial charge >= 0.3 is 0 Å². The summed E-state index contributed by atoms with van der Waals surface area (Å²) in [6.07, 6.45) is 0.349. The highest BCUT2D eigenvalue weighted by Gasteiger charge is 2.17. The van der Waals surface area contributed by atoms with Crippen LogP contribution in [0.2, 0.25) is 0 Å². The van der Waals surface area contributed by atoms with Crippen LogP contribution in [0.4, 0.5) is 5.82 Å². The van der Waals surface area contributed by atoms with Crippen molar-refractivity contribution in [2.24, 2.45) is 5.92 Å². The van der Waals surface area contributed by atoms with Gasteiger partial charge in [0, 0.05) is 31.4 Å². The molecule has 20 heavy (non-hydrogen) atoms.